The average molecular weight is 152 g/mol. The highest BCUT2D eigenvalue weighted by molar-refractivity contribution is 5.74. The lowest BCUT2D eigenvalue weighted by Gasteiger charge is -2.28. The Morgan fingerprint density at radius 2 is 2.09 bits per heavy atom. The van der Waals surface area contributed by atoms with Gasteiger partial charge in [-0.15, -0.1) is 0 Å². The Labute approximate surface area is 66.1 Å². The van der Waals surface area contributed by atoms with Gasteiger partial charge >= 0.3 is 0 Å². The standard InChI is InChI=1S/C7H12N4/c8-5-6-1-3-11(4-2-6)7(9)10/h6H,1-4H2,(H3,9,10). The first-order valence-electron chi connectivity index (χ1n) is 3.72. The van der Waals surface area contributed by atoms with Gasteiger partial charge in [0.15, 0.2) is 5.96 Å². The second kappa shape index (κ2) is 3.24. The van der Waals surface area contributed by atoms with E-state index in [4.69, 9.17) is 16.4 Å². The van der Waals surface area contributed by atoms with Crippen molar-refractivity contribution < 1.29 is 0 Å². The Morgan fingerprint density at radius 1 is 1.55 bits per heavy atom. The number of rotatable bonds is 0. The van der Waals surface area contributed by atoms with Gasteiger partial charge in [-0.2, -0.15) is 5.26 Å². The first-order valence-corrected chi connectivity index (χ1v) is 3.72. The van der Waals surface area contributed by atoms with Crippen LogP contribution in [-0.4, -0.2) is 23.9 Å². The Balaban J connectivity index is 2.37. The van der Waals surface area contributed by atoms with Crippen molar-refractivity contribution in [3.05, 3.63) is 0 Å². The Bertz CT molecular complexity index is 185. The minimum atomic E-state index is 0.126. The summed E-state index contributed by atoms with van der Waals surface area (Å²) in [4.78, 5) is 1.80. The predicted molar refractivity (Wildman–Crippen MR) is 41.8 cm³/mol. The molecule has 0 radical (unpaired) electrons. The number of hydrogen-bond donors (Lipinski definition) is 2. The second-order valence-electron chi connectivity index (χ2n) is 2.78. The van der Waals surface area contributed by atoms with Crippen LogP contribution < -0.4 is 5.73 Å². The monoisotopic (exact) mass is 152 g/mol. The summed E-state index contributed by atoms with van der Waals surface area (Å²) in [5.41, 5.74) is 5.28. The fraction of sp³-hybridized carbons (Fsp3) is 0.714. The number of nitrogens with zero attached hydrogens (tertiary/aromatic N) is 2. The lowest BCUT2D eigenvalue weighted by molar-refractivity contribution is 0.299. The molecule has 60 valence electrons. The van der Waals surface area contributed by atoms with Crippen molar-refractivity contribution >= 4 is 5.96 Å². The number of nitrogens with two attached hydrogens (primary N) is 1. The molecule has 0 aromatic carbocycles. The van der Waals surface area contributed by atoms with Gasteiger partial charge in [0.25, 0.3) is 0 Å². The second-order valence-corrected chi connectivity index (χ2v) is 2.78. The van der Waals surface area contributed by atoms with Crippen molar-refractivity contribution in [3.63, 3.8) is 0 Å². The van der Waals surface area contributed by atoms with Crippen molar-refractivity contribution in [2.75, 3.05) is 13.1 Å². The maximum Gasteiger partial charge on any atom is 0.188 e. The van der Waals surface area contributed by atoms with Crippen molar-refractivity contribution in [1.82, 2.24) is 4.90 Å². The molecule has 4 nitrogen and oxygen atoms in total. The van der Waals surface area contributed by atoms with Crippen LogP contribution in [0.5, 0.6) is 0 Å². The van der Waals surface area contributed by atoms with Crippen LogP contribution in [0.25, 0.3) is 0 Å². The predicted octanol–water partition coefficient (Wildman–Crippen LogP) is 0.115. The van der Waals surface area contributed by atoms with Gasteiger partial charge in [-0.1, -0.05) is 0 Å². The molecule has 0 bridgehead atoms. The van der Waals surface area contributed by atoms with E-state index in [9.17, 15) is 0 Å². The van der Waals surface area contributed by atoms with Gasteiger partial charge in [0.2, 0.25) is 0 Å². The number of nitrogens with one attached hydrogen (secondary N) is 1. The SMILES string of the molecule is N#CC1CCN(C(=N)N)CC1. The molecule has 0 saturated carbocycles. The smallest absolute Gasteiger partial charge is 0.188 e. The molecule has 0 spiro atoms. The third kappa shape index (κ3) is 1.84. The summed E-state index contributed by atoms with van der Waals surface area (Å²) in [5.74, 6) is 0.298. The minimum Gasteiger partial charge on any atom is -0.370 e. The van der Waals surface area contributed by atoms with E-state index in [-0.39, 0.29) is 11.9 Å². The molecule has 1 rings (SSSR count). The van der Waals surface area contributed by atoms with E-state index in [0.29, 0.717) is 0 Å². The van der Waals surface area contributed by atoms with Crippen LogP contribution in [0.4, 0.5) is 0 Å². The number of guanidine groups is 1. The summed E-state index contributed by atoms with van der Waals surface area (Å²) in [5, 5.41) is 15.7. The van der Waals surface area contributed by atoms with Crippen molar-refractivity contribution in [3.8, 4) is 6.07 Å². The number of likely N-dealkylation sites (tertiary alicyclic amines) is 1. The lowest BCUT2D eigenvalue weighted by Crippen LogP contribution is -2.41. The van der Waals surface area contributed by atoms with Gasteiger partial charge in [0, 0.05) is 19.0 Å². The Kier molecular flexibility index (Phi) is 2.32. The molecular weight excluding hydrogens is 140 g/mol. The topological polar surface area (TPSA) is 76.9 Å². The van der Waals surface area contributed by atoms with Crippen molar-refractivity contribution in [2.24, 2.45) is 11.7 Å². The number of nitriles is 1. The Morgan fingerprint density at radius 3 is 2.45 bits per heavy atom. The van der Waals surface area contributed by atoms with Crippen LogP contribution in [0, 0.1) is 22.7 Å². The number of hydrogen-bond acceptors (Lipinski definition) is 2. The van der Waals surface area contributed by atoms with Gasteiger partial charge in [-0.3, -0.25) is 5.41 Å². The van der Waals surface area contributed by atoms with E-state index in [1.807, 2.05) is 0 Å². The summed E-state index contributed by atoms with van der Waals surface area (Å²) in [7, 11) is 0. The van der Waals surface area contributed by atoms with Gasteiger partial charge in [0.05, 0.1) is 6.07 Å². The maximum atomic E-state index is 8.56. The highest BCUT2D eigenvalue weighted by Crippen LogP contribution is 2.14. The van der Waals surface area contributed by atoms with E-state index >= 15 is 0 Å². The van der Waals surface area contributed by atoms with Crippen LogP contribution in [0.1, 0.15) is 12.8 Å². The largest absolute Gasteiger partial charge is 0.370 e. The van der Waals surface area contributed by atoms with Crippen LogP contribution >= 0.6 is 0 Å². The highest BCUT2D eigenvalue weighted by atomic mass is 15.2. The minimum absolute atomic E-state index is 0.126. The first kappa shape index (κ1) is 7.86. The van der Waals surface area contributed by atoms with E-state index in [2.05, 4.69) is 6.07 Å². The molecule has 1 heterocycles. The molecule has 1 fully saturated rings. The molecule has 0 aromatic heterocycles. The van der Waals surface area contributed by atoms with Crippen molar-refractivity contribution in [1.29, 1.82) is 10.7 Å². The quantitative estimate of drug-likeness (QED) is 0.382. The molecule has 0 amide bonds. The van der Waals surface area contributed by atoms with Crippen LogP contribution in [0.15, 0.2) is 0 Å². The number of piperidine rings is 1. The van der Waals surface area contributed by atoms with E-state index in [1.54, 1.807) is 4.90 Å². The molecule has 0 atom stereocenters. The van der Waals surface area contributed by atoms with Gasteiger partial charge in [-0.05, 0) is 12.8 Å². The summed E-state index contributed by atoms with van der Waals surface area (Å²) in [6.07, 6.45) is 1.69. The molecule has 0 aliphatic carbocycles. The normalized spacial score (nSPS) is 19.4. The molecule has 1 saturated heterocycles. The Hall–Kier alpha value is -1.24. The first-order chi connectivity index (χ1) is 5.24. The molecule has 1 aliphatic rings. The molecule has 3 N–H and O–H groups in total. The van der Waals surface area contributed by atoms with E-state index < -0.39 is 0 Å². The van der Waals surface area contributed by atoms with Gasteiger partial charge < -0.3 is 10.6 Å². The lowest BCUT2D eigenvalue weighted by atomic mass is 9.99. The third-order valence-corrected chi connectivity index (χ3v) is 2.02. The fourth-order valence-electron chi connectivity index (χ4n) is 1.25. The van der Waals surface area contributed by atoms with E-state index in [1.165, 1.54) is 0 Å². The zero-order valence-corrected chi connectivity index (χ0v) is 6.38. The summed E-state index contributed by atoms with van der Waals surface area (Å²) >= 11 is 0. The highest BCUT2D eigenvalue weighted by Gasteiger charge is 2.18. The zero-order chi connectivity index (χ0) is 8.27. The fourth-order valence-corrected chi connectivity index (χ4v) is 1.25. The van der Waals surface area contributed by atoms with E-state index in [0.717, 1.165) is 25.9 Å². The van der Waals surface area contributed by atoms with Gasteiger partial charge in [-0.25, -0.2) is 0 Å². The van der Waals surface area contributed by atoms with Gasteiger partial charge in [0.1, 0.15) is 0 Å². The summed E-state index contributed by atoms with van der Waals surface area (Å²) < 4.78 is 0. The summed E-state index contributed by atoms with van der Waals surface area (Å²) in [6, 6.07) is 2.23. The molecular formula is C7H12N4. The average Bonchev–Trinajstić information content (AvgIpc) is 2.05. The van der Waals surface area contributed by atoms with Crippen molar-refractivity contribution in [2.45, 2.75) is 12.8 Å². The zero-order valence-electron chi connectivity index (χ0n) is 6.38. The third-order valence-electron chi connectivity index (χ3n) is 2.02. The summed E-state index contributed by atoms with van der Waals surface area (Å²) in [6.45, 7) is 1.52. The molecule has 11 heavy (non-hydrogen) atoms. The molecule has 0 unspecified atom stereocenters. The maximum absolute atomic E-state index is 8.56. The molecule has 0 aromatic rings. The van der Waals surface area contributed by atoms with Crippen LogP contribution in [0.3, 0.4) is 0 Å². The molecule has 1 aliphatic heterocycles. The molecule has 4 heteroatoms. The van der Waals surface area contributed by atoms with Crippen LogP contribution in [-0.2, 0) is 0 Å². The van der Waals surface area contributed by atoms with Crippen LogP contribution in [0.2, 0.25) is 0 Å².